The van der Waals surface area contributed by atoms with Gasteiger partial charge < -0.3 is 39.3 Å². The summed E-state index contributed by atoms with van der Waals surface area (Å²) in [4.78, 5) is 49.8. The average molecular weight is 711 g/mol. The fraction of sp³-hybridized carbons (Fsp3) is 0.412. The molecule has 4 N–H and O–H groups in total. The number of nitrogens with two attached hydrogens (primary N) is 2. The summed E-state index contributed by atoms with van der Waals surface area (Å²) in [5.74, 6) is -1.61. The second kappa shape index (κ2) is 18.5. The van der Waals surface area contributed by atoms with E-state index in [1.807, 2.05) is 6.07 Å². The first-order chi connectivity index (χ1) is 24.0. The predicted molar refractivity (Wildman–Crippen MR) is 184 cm³/mol. The zero-order valence-corrected chi connectivity index (χ0v) is 29.2. The topological polar surface area (TPSA) is 210 Å². The van der Waals surface area contributed by atoms with E-state index < -0.39 is 37.8 Å². The van der Waals surface area contributed by atoms with Crippen LogP contribution < -0.4 is 11.5 Å². The first-order valence-electron chi connectivity index (χ1n) is 16.1. The Labute approximate surface area is 290 Å². The van der Waals surface area contributed by atoms with Gasteiger partial charge in [0.15, 0.2) is 17.2 Å². The molecule has 2 aromatic carbocycles. The number of ether oxygens (including phenoxy) is 3. The van der Waals surface area contributed by atoms with Crippen LogP contribution in [-0.2, 0) is 44.0 Å². The van der Waals surface area contributed by atoms with Gasteiger partial charge in [-0.25, -0.2) is 15.0 Å². The Morgan fingerprint density at radius 1 is 0.820 bits per heavy atom. The molecular weight excluding hydrogens is 667 g/mol. The van der Waals surface area contributed by atoms with E-state index in [2.05, 4.69) is 15.0 Å². The van der Waals surface area contributed by atoms with Crippen LogP contribution in [-0.4, -0.2) is 82.7 Å². The number of fused-ring (bicyclic) bond motifs is 1. The summed E-state index contributed by atoms with van der Waals surface area (Å²) >= 11 is 0. The SMILES string of the molecule is CC(C(=O)OCCCOP(=O)(COCCn1cnc2c(N)ncnc21)OCCOC(=O)[C@@H](N)C(C)C)c1ccc(C(=O)c2ccccc2)cc1. The molecule has 0 radical (unpaired) electrons. The van der Waals surface area contributed by atoms with E-state index >= 15 is 0 Å². The van der Waals surface area contributed by atoms with Crippen molar-refractivity contribution in [2.75, 3.05) is 45.1 Å². The van der Waals surface area contributed by atoms with E-state index in [-0.39, 0.29) is 57.0 Å². The van der Waals surface area contributed by atoms with Crippen LogP contribution in [0.5, 0.6) is 0 Å². The van der Waals surface area contributed by atoms with E-state index in [0.29, 0.717) is 34.4 Å². The number of benzene rings is 2. The Bertz CT molecular complexity index is 1770. The molecule has 0 aliphatic carbocycles. The molecule has 0 aliphatic heterocycles. The minimum absolute atomic E-state index is 0.00198. The zero-order valence-electron chi connectivity index (χ0n) is 28.3. The second-order valence-electron chi connectivity index (χ2n) is 11.7. The van der Waals surface area contributed by atoms with Crippen LogP contribution in [0.2, 0.25) is 0 Å². The molecule has 3 atom stereocenters. The smallest absolute Gasteiger partial charge is 0.356 e. The first-order valence-corrected chi connectivity index (χ1v) is 17.9. The number of carbonyl (C=O) groups is 3. The lowest BCUT2D eigenvalue weighted by Gasteiger charge is -2.20. The van der Waals surface area contributed by atoms with Crippen molar-refractivity contribution in [2.24, 2.45) is 11.7 Å². The maximum Gasteiger partial charge on any atom is 0.356 e. The molecular formula is C34H43N6O9P. The monoisotopic (exact) mass is 710 g/mol. The molecule has 2 unspecified atom stereocenters. The van der Waals surface area contributed by atoms with Crippen molar-refractivity contribution in [3.63, 3.8) is 0 Å². The second-order valence-corrected chi connectivity index (χ2v) is 13.7. The lowest BCUT2D eigenvalue weighted by atomic mass is 9.97. The van der Waals surface area contributed by atoms with Gasteiger partial charge in [-0.2, -0.15) is 0 Å². The Kier molecular flexibility index (Phi) is 14.1. The summed E-state index contributed by atoms with van der Waals surface area (Å²) in [6, 6.07) is 15.0. The van der Waals surface area contributed by atoms with Crippen LogP contribution >= 0.6 is 7.60 Å². The summed E-state index contributed by atoms with van der Waals surface area (Å²) in [7, 11) is -3.83. The summed E-state index contributed by atoms with van der Waals surface area (Å²) in [6.07, 6.45) is 2.71. The minimum atomic E-state index is -3.83. The van der Waals surface area contributed by atoms with E-state index in [0.717, 1.165) is 0 Å². The molecule has 0 fully saturated rings. The number of carbonyl (C=O) groups excluding carboxylic acids is 3. The highest BCUT2D eigenvalue weighted by atomic mass is 31.2. The third-order valence-electron chi connectivity index (χ3n) is 7.64. The van der Waals surface area contributed by atoms with Crippen molar-refractivity contribution in [1.29, 1.82) is 0 Å². The quantitative estimate of drug-likeness (QED) is 0.0573. The summed E-state index contributed by atoms with van der Waals surface area (Å²) in [6.45, 7) is 5.24. The van der Waals surface area contributed by atoms with Crippen molar-refractivity contribution >= 4 is 42.3 Å². The number of nitrogens with zero attached hydrogens (tertiary/aromatic N) is 4. The molecule has 15 nitrogen and oxygen atoms in total. The van der Waals surface area contributed by atoms with Gasteiger partial charge in [0, 0.05) is 24.1 Å². The third kappa shape index (κ3) is 10.7. The largest absolute Gasteiger partial charge is 0.465 e. The van der Waals surface area contributed by atoms with Gasteiger partial charge >= 0.3 is 19.5 Å². The molecule has 0 spiro atoms. The van der Waals surface area contributed by atoms with E-state index in [4.69, 9.17) is 34.7 Å². The maximum atomic E-state index is 13.6. The molecule has 4 aromatic rings. The van der Waals surface area contributed by atoms with Gasteiger partial charge in [-0.3, -0.25) is 18.9 Å². The number of aromatic nitrogens is 4. The van der Waals surface area contributed by atoms with E-state index in [9.17, 15) is 18.9 Å². The normalized spacial score (nSPS) is 13.9. The van der Waals surface area contributed by atoms with Crippen LogP contribution in [0.4, 0.5) is 5.82 Å². The van der Waals surface area contributed by atoms with Gasteiger partial charge in [0.2, 0.25) is 0 Å². The van der Waals surface area contributed by atoms with Crippen molar-refractivity contribution < 1.29 is 42.2 Å². The van der Waals surface area contributed by atoms with Crippen molar-refractivity contribution in [1.82, 2.24) is 19.5 Å². The Morgan fingerprint density at radius 2 is 1.50 bits per heavy atom. The van der Waals surface area contributed by atoms with Gasteiger partial charge in [-0.1, -0.05) is 68.4 Å². The Balaban J connectivity index is 1.24. The molecule has 268 valence electrons. The van der Waals surface area contributed by atoms with Crippen LogP contribution in [0.15, 0.2) is 67.3 Å². The number of imidazole rings is 1. The average Bonchev–Trinajstić information content (AvgIpc) is 3.55. The van der Waals surface area contributed by atoms with Crippen LogP contribution in [0.3, 0.4) is 0 Å². The summed E-state index contributed by atoms with van der Waals surface area (Å²) in [5, 5.41) is 0. The molecule has 0 saturated heterocycles. The Hall–Kier alpha value is -4.53. The van der Waals surface area contributed by atoms with Crippen LogP contribution in [0.1, 0.15) is 54.6 Å². The Morgan fingerprint density at radius 3 is 2.22 bits per heavy atom. The molecule has 0 saturated carbocycles. The van der Waals surface area contributed by atoms with Gasteiger partial charge in [0.05, 0.1) is 38.7 Å². The van der Waals surface area contributed by atoms with Gasteiger partial charge in [-0.05, 0) is 18.4 Å². The number of rotatable bonds is 20. The standard InChI is InChI=1S/C34H43N6O9P/c1-23(2)28(35)34(43)47-18-19-49-50(44,22-45-17-14-40-21-39-29-31(36)37-20-38-32(29)40)48-16-7-15-46-33(42)24(3)25-10-12-27(13-11-25)30(41)26-8-5-4-6-9-26/h4-6,8-13,20-21,23-24,28H,7,14-19,22,35H2,1-3H3,(H2,36,37,38)/t24?,28-,50?/m0/s1. The van der Waals surface area contributed by atoms with E-state index in [1.54, 1.807) is 80.2 Å². The highest BCUT2D eigenvalue weighted by molar-refractivity contribution is 7.53. The molecule has 0 amide bonds. The van der Waals surface area contributed by atoms with Crippen LogP contribution in [0, 0.1) is 5.92 Å². The van der Waals surface area contributed by atoms with Crippen molar-refractivity contribution in [2.45, 2.75) is 45.7 Å². The van der Waals surface area contributed by atoms with Gasteiger partial charge in [0.1, 0.15) is 30.8 Å². The molecule has 50 heavy (non-hydrogen) atoms. The minimum Gasteiger partial charge on any atom is -0.465 e. The molecule has 4 rings (SSSR count). The number of esters is 2. The summed E-state index contributed by atoms with van der Waals surface area (Å²) in [5.41, 5.74) is 14.4. The first kappa shape index (κ1) is 38.3. The zero-order chi connectivity index (χ0) is 36.1. The van der Waals surface area contributed by atoms with E-state index in [1.165, 1.54) is 6.33 Å². The lowest BCUT2D eigenvalue weighted by Crippen LogP contribution is -2.37. The lowest BCUT2D eigenvalue weighted by molar-refractivity contribution is -0.147. The molecule has 0 bridgehead atoms. The van der Waals surface area contributed by atoms with Gasteiger partial charge in [0.25, 0.3) is 0 Å². The predicted octanol–water partition coefficient (Wildman–Crippen LogP) is 4.10. The fourth-order valence-electron chi connectivity index (χ4n) is 4.58. The third-order valence-corrected chi connectivity index (χ3v) is 9.30. The van der Waals surface area contributed by atoms with Crippen molar-refractivity contribution in [3.05, 3.63) is 83.9 Å². The highest BCUT2D eigenvalue weighted by Gasteiger charge is 2.26. The molecule has 16 heteroatoms. The number of nitrogen functional groups attached to an aromatic ring is 1. The number of hydrogen-bond donors (Lipinski definition) is 2. The van der Waals surface area contributed by atoms with Crippen LogP contribution in [0.25, 0.3) is 11.2 Å². The number of hydrogen-bond acceptors (Lipinski definition) is 14. The maximum absolute atomic E-state index is 13.6. The number of anilines is 1. The number of ketones is 1. The fourth-order valence-corrected chi connectivity index (χ4v) is 5.91. The molecule has 2 heterocycles. The summed E-state index contributed by atoms with van der Waals surface area (Å²) < 4.78 is 42.6. The van der Waals surface area contributed by atoms with Crippen molar-refractivity contribution in [3.8, 4) is 0 Å². The molecule has 0 aliphatic rings. The van der Waals surface area contributed by atoms with Gasteiger partial charge in [-0.15, -0.1) is 0 Å². The highest BCUT2D eigenvalue weighted by Crippen LogP contribution is 2.48. The molecule has 2 aromatic heterocycles.